The van der Waals surface area contributed by atoms with E-state index < -0.39 is 0 Å². The number of aromatic nitrogens is 1. The van der Waals surface area contributed by atoms with Gasteiger partial charge in [-0.25, -0.2) is 0 Å². The van der Waals surface area contributed by atoms with Gasteiger partial charge in [-0.15, -0.1) is 11.3 Å². The highest BCUT2D eigenvalue weighted by Crippen LogP contribution is 2.08. The number of carbonyl (C=O) groups is 1. The van der Waals surface area contributed by atoms with Crippen molar-refractivity contribution in [3.63, 3.8) is 0 Å². The molecule has 0 radical (unpaired) electrons. The molecule has 0 fully saturated rings. The van der Waals surface area contributed by atoms with Crippen molar-refractivity contribution in [3.05, 3.63) is 52.5 Å². The van der Waals surface area contributed by atoms with Crippen molar-refractivity contribution in [1.82, 2.24) is 0 Å². The minimum absolute atomic E-state index is 0.0649. The van der Waals surface area contributed by atoms with E-state index in [9.17, 15) is 4.79 Å². The molecule has 0 bridgehead atoms. The Morgan fingerprint density at radius 1 is 1.44 bits per heavy atom. The van der Waals surface area contributed by atoms with Crippen molar-refractivity contribution in [2.75, 3.05) is 0 Å². The molecule has 0 atom stereocenters. The molecule has 78 valence electrons. The van der Waals surface area contributed by atoms with E-state index in [-0.39, 0.29) is 12.3 Å². The number of nitriles is 1. The number of nitrogens with zero attached hydrogens (tertiary/aromatic N) is 2. The maximum Gasteiger partial charge on any atom is 0.237 e. The molecule has 2 aromatic heterocycles. The molecule has 0 amide bonds. The first kappa shape index (κ1) is 10.5. The largest absolute Gasteiger partial charge is 0.286 e. The summed E-state index contributed by atoms with van der Waals surface area (Å²) in [5.74, 6) is 0.0649. The molecule has 0 aliphatic rings. The molecule has 0 aliphatic carbocycles. The van der Waals surface area contributed by atoms with Crippen LogP contribution in [0, 0.1) is 11.3 Å². The molecule has 0 saturated carbocycles. The zero-order chi connectivity index (χ0) is 11.4. The number of ketones is 1. The third-order valence-corrected chi connectivity index (χ3v) is 3.02. The van der Waals surface area contributed by atoms with Crippen molar-refractivity contribution in [2.24, 2.45) is 0 Å². The zero-order valence-corrected chi connectivity index (χ0v) is 9.28. The fraction of sp³-hybridized carbons (Fsp3) is 0.0833. The van der Waals surface area contributed by atoms with E-state index in [1.165, 1.54) is 11.3 Å². The van der Waals surface area contributed by atoms with Gasteiger partial charge in [-0.1, -0.05) is 6.07 Å². The summed E-state index contributed by atoms with van der Waals surface area (Å²) in [6.45, 7) is 0.274. The molecule has 4 heteroatoms. The number of hydrogen-bond donors (Lipinski definition) is 0. The van der Waals surface area contributed by atoms with Crippen LogP contribution >= 0.6 is 11.3 Å². The van der Waals surface area contributed by atoms with Crippen LogP contribution in [0.2, 0.25) is 0 Å². The Morgan fingerprint density at radius 2 is 2.31 bits per heavy atom. The number of thiophene rings is 1. The molecule has 16 heavy (non-hydrogen) atoms. The summed E-state index contributed by atoms with van der Waals surface area (Å²) in [6, 6.07) is 9.19. The Balaban J connectivity index is 2.16. The van der Waals surface area contributed by atoms with E-state index in [2.05, 4.69) is 0 Å². The lowest BCUT2D eigenvalue weighted by atomic mass is 10.3. The predicted octanol–water partition coefficient (Wildman–Crippen LogP) is 1.79. The standard InChI is InChI=1S/C12H9N2OS/c13-7-10-3-1-5-14(8-10)9-11(15)12-4-2-6-16-12/h1-6,8H,9H2/q+1. The van der Waals surface area contributed by atoms with Crippen molar-refractivity contribution in [1.29, 1.82) is 5.26 Å². The zero-order valence-electron chi connectivity index (χ0n) is 8.46. The van der Waals surface area contributed by atoms with Crippen molar-refractivity contribution >= 4 is 17.1 Å². The van der Waals surface area contributed by atoms with Crippen LogP contribution in [0.3, 0.4) is 0 Å². The molecule has 0 aliphatic heterocycles. The topological polar surface area (TPSA) is 44.7 Å². The molecule has 0 N–H and O–H groups in total. The summed E-state index contributed by atoms with van der Waals surface area (Å²) >= 11 is 1.43. The van der Waals surface area contributed by atoms with E-state index in [1.807, 2.05) is 23.6 Å². The maximum absolute atomic E-state index is 11.8. The summed E-state index contributed by atoms with van der Waals surface area (Å²) < 4.78 is 1.72. The number of hydrogen-bond acceptors (Lipinski definition) is 3. The molecule has 2 aromatic rings. The van der Waals surface area contributed by atoms with Gasteiger partial charge in [-0.05, 0) is 17.5 Å². The van der Waals surface area contributed by atoms with Crippen LogP contribution in [-0.2, 0) is 6.54 Å². The van der Waals surface area contributed by atoms with Crippen LogP contribution in [-0.4, -0.2) is 5.78 Å². The molecule has 0 unspecified atom stereocenters. The van der Waals surface area contributed by atoms with Crippen LogP contribution in [0.25, 0.3) is 0 Å². The SMILES string of the molecule is N#Cc1ccc[n+](CC(=O)c2cccs2)c1. The summed E-state index contributed by atoms with van der Waals surface area (Å²) in [5.41, 5.74) is 0.557. The lowest BCUT2D eigenvalue weighted by Crippen LogP contribution is -2.37. The van der Waals surface area contributed by atoms with Gasteiger partial charge in [0.05, 0.1) is 4.88 Å². The minimum atomic E-state index is 0.0649. The molecule has 0 spiro atoms. The highest BCUT2D eigenvalue weighted by Gasteiger charge is 2.12. The Bertz CT molecular complexity index is 540. The summed E-state index contributed by atoms with van der Waals surface area (Å²) in [7, 11) is 0. The Hall–Kier alpha value is -1.99. The predicted molar refractivity (Wildman–Crippen MR) is 60.0 cm³/mol. The van der Waals surface area contributed by atoms with Crippen LogP contribution in [0.5, 0.6) is 0 Å². The molecule has 0 saturated heterocycles. The van der Waals surface area contributed by atoms with E-state index in [1.54, 1.807) is 29.1 Å². The molecular weight excluding hydrogens is 220 g/mol. The van der Waals surface area contributed by atoms with E-state index >= 15 is 0 Å². The Labute approximate surface area is 97.2 Å². The monoisotopic (exact) mass is 229 g/mol. The second kappa shape index (κ2) is 4.69. The normalized spacial score (nSPS) is 9.69. The molecule has 2 heterocycles. The Morgan fingerprint density at radius 3 is 3.00 bits per heavy atom. The van der Waals surface area contributed by atoms with Crippen LogP contribution in [0.15, 0.2) is 42.0 Å². The fourth-order valence-electron chi connectivity index (χ4n) is 1.37. The maximum atomic E-state index is 11.8. The van der Waals surface area contributed by atoms with Gasteiger partial charge >= 0.3 is 0 Å². The first-order valence-corrected chi connectivity index (χ1v) is 5.63. The van der Waals surface area contributed by atoms with Gasteiger partial charge < -0.3 is 0 Å². The van der Waals surface area contributed by atoms with Gasteiger partial charge in [0, 0.05) is 6.07 Å². The lowest BCUT2D eigenvalue weighted by molar-refractivity contribution is -0.683. The number of pyridine rings is 1. The van der Waals surface area contributed by atoms with Crippen molar-refractivity contribution < 1.29 is 9.36 Å². The number of Topliss-reactive ketones (excluding diaryl/α,β-unsaturated/α-hetero) is 1. The molecule has 0 aromatic carbocycles. The van der Waals surface area contributed by atoms with E-state index in [0.29, 0.717) is 5.56 Å². The number of rotatable bonds is 3. The second-order valence-corrected chi connectivity index (χ2v) is 4.22. The van der Waals surface area contributed by atoms with Gasteiger partial charge in [0.15, 0.2) is 12.4 Å². The lowest BCUT2D eigenvalue weighted by Gasteiger charge is -1.94. The van der Waals surface area contributed by atoms with Crippen molar-refractivity contribution in [2.45, 2.75) is 6.54 Å². The highest BCUT2D eigenvalue weighted by atomic mass is 32.1. The molecule has 3 nitrogen and oxygen atoms in total. The first-order chi connectivity index (χ1) is 7.79. The third kappa shape index (κ3) is 2.33. The van der Waals surface area contributed by atoms with Gasteiger partial charge in [0.2, 0.25) is 12.3 Å². The number of carbonyl (C=O) groups excluding carboxylic acids is 1. The van der Waals surface area contributed by atoms with E-state index in [4.69, 9.17) is 5.26 Å². The smallest absolute Gasteiger partial charge is 0.237 e. The average molecular weight is 229 g/mol. The first-order valence-electron chi connectivity index (χ1n) is 4.75. The highest BCUT2D eigenvalue weighted by molar-refractivity contribution is 7.12. The third-order valence-electron chi connectivity index (χ3n) is 2.11. The quantitative estimate of drug-likeness (QED) is 0.595. The van der Waals surface area contributed by atoms with Gasteiger partial charge in [0.25, 0.3) is 0 Å². The van der Waals surface area contributed by atoms with Crippen LogP contribution in [0.1, 0.15) is 15.2 Å². The molecule has 2 rings (SSSR count). The van der Waals surface area contributed by atoms with E-state index in [0.717, 1.165) is 4.88 Å². The second-order valence-electron chi connectivity index (χ2n) is 3.28. The van der Waals surface area contributed by atoms with Gasteiger partial charge in [-0.3, -0.25) is 4.79 Å². The molecular formula is C12H9N2OS+. The summed E-state index contributed by atoms with van der Waals surface area (Å²) in [4.78, 5) is 12.5. The van der Waals surface area contributed by atoms with Crippen LogP contribution < -0.4 is 4.57 Å². The minimum Gasteiger partial charge on any atom is -0.286 e. The van der Waals surface area contributed by atoms with Gasteiger partial charge in [-0.2, -0.15) is 9.83 Å². The Kier molecular flexibility index (Phi) is 3.08. The summed E-state index contributed by atoms with van der Waals surface area (Å²) in [6.07, 6.45) is 3.46. The fourth-order valence-corrected chi connectivity index (χ4v) is 2.02. The average Bonchev–Trinajstić information content (AvgIpc) is 2.83. The summed E-state index contributed by atoms with van der Waals surface area (Å²) in [5, 5.41) is 10.6. The van der Waals surface area contributed by atoms with Crippen LogP contribution in [0.4, 0.5) is 0 Å². The van der Waals surface area contributed by atoms with Crippen molar-refractivity contribution in [3.8, 4) is 6.07 Å². The van der Waals surface area contributed by atoms with Gasteiger partial charge in [0.1, 0.15) is 11.6 Å².